The fraction of sp³-hybridized carbons (Fsp3) is 0.333. The number of hydrogen-bond donors (Lipinski definition) is 0. The summed E-state index contributed by atoms with van der Waals surface area (Å²) in [7, 11) is -3.18. The van der Waals surface area contributed by atoms with E-state index in [-0.39, 0.29) is 12.2 Å². The summed E-state index contributed by atoms with van der Waals surface area (Å²) in [5.41, 5.74) is 0.412. The molecule has 0 aliphatic heterocycles. The molecule has 0 radical (unpaired) electrons. The van der Waals surface area contributed by atoms with Crippen LogP contribution in [0.15, 0.2) is 18.2 Å². The van der Waals surface area contributed by atoms with E-state index in [2.05, 4.69) is 4.74 Å². The standard InChI is InChI=1S/C9H10F2O3S/c1-14-9-3-2-7(6-8(9)10)4-5-15(11,12)13/h2-3,6H,4-5H2,1H3. The van der Waals surface area contributed by atoms with E-state index < -0.39 is 21.8 Å². The van der Waals surface area contributed by atoms with Gasteiger partial charge < -0.3 is 4.74 Å². The molecule has 0 aliphatic carbocycles. The van der Waals surface area contributed by atoms with Gasteiger partial charge in [-0.3, -0.25) is 0 Å². The lowest BCUT2D eigenvalue weighted by Crippen LogP contribution is -2.02. The Hall–Kier alpha value is -1.17. The minimum Gasteiger partial charge on any atom is -0.494 e. The van der Waals surface area contributed by atoms with Crippen molar-refractivity contribution in [3.63, 3.8) is 0 Å². The molecule has 0 saturated carbocycles. The maximum absolute atomic E-state index is 13.1. The Morgan fingerprint density at radius 3 is 2.53 bits per heavy atom. The Kier molecular flexibility index (Phi) is 3.62. The zero-order valence-electron chi connectivity index (χ0n) is 8.04. The van der Waals surface area contributed by atoms with Crippen molar-refractivity contribution in [3.05, 3.63) is 29.6 Å². The second kappa shape index (κ2) is 4.57. The van der Waals surface area contributed by atoms with Crippen LogP contribution in [-0.4, -0.2) is 21.3 Å². The van der Waals surface area contributed by atoms with Crippen LogP contribution < -0.4 is 4.74 Å². The summed E-state index contributed by atoms with van der Waals surface area (Å²) in [4.78, 5) is 0. The highest BCUT2D eigenvalue weighted by Crippen LogP contribution is 2.18. The van der Waals surface area contributed by atoms with Gasteiger partial charge in [0.05, 0.1) is 12.9 Å². The third-order valence-corrected chi connectivity index (χ3v) is 2.54. The lowest BCUT2D eigenvalue weighted by Gasteiger charge is -2.03. The maximum atomic E-state index is 13.1. The summed E-state index contributed by atoms with van der Waals surface area (Å²) in [6, 6.07) is 3.99. The first-order valence-corrected chi connectivity index (χ1v) is 5.72. The molecule has 6 heteroatoms. The molecule has 84 valence electrons. The quantitative estimate of drug-likeness (QED) is 0.747. The van der Waals surface area contributed by atoms with E-state index in [4.69, 9.17) is 0 Å². The first-order chi connectivity index (χ1) is 6.92. The summed E-state index contributed by atoms with van der Waals surface area (Å²) < 4.78 is 50.4. The average molecular weight is 236 g/mol. The van der Waals surface area contributed by atoms with Gasteiger partial charge in [-0.05, 0) is 24.1 Å². The molecule has 0 fully saturated rings. The monoisotopic (exact) mass is 236 g/mol. The van der Waals surface area contributed by atoms with Crippen LogP contribution in [0.5, 0.6) is 5.75 Å². The number of ether oxygens (including phenoxy) is 1. The second-order valence-electron chi connectivity index (χ2n) is 2.96. The lowest BCUT2D eigenvalue weighted by molar-refractivity contribution is 0.386. The minimum atomic E-state index is -4.50. The Labute approximate surface area is 86.9 Å². The van der Waals surface area contributed by atoms with Crippen molar-refractivity contribution in [3.8, 4) is 5.75 Å². The second-order valence-corrected chi connectivity index (χ2v) is 4.45. The normalized spacial score (nSPS) is 11.4. The van der Waals surface area contributed by atoms with Gasteiger partial charge in [-0.25, -0.2) is 4.39 Å². The van der Waals surface area contributed by atoms with Crippen LogP contribution in [0.25, 0.3) is 0 Å². The van der Waals surface area contributed by atoms with Crippen LogP contribution in [-0.2, 0) is 16.6 Å². The summed E-state index contributed by atoms with van der Waals surface area (Å²) in [6.07, 6.45) is -0.0558. The SMILES string of the molecule is COc1ccc(CCS(=O)(=O)F)cc1F. The fourth-order valence-electron chi connectivity index (χ4n) is 1.11. The van der Waals surface area contributed by atoms with Gasteiger partial charge in [0.1, 0.15) is 0 Å². The fourth-order valence-corrected chi connectivity index (χ4v) is 1.58. The van der Waals surface area contributed by atoms with Crippen molar-refractivity contribution in [1.29, 1.82) is 0 Å². The van der Waals surface area contributed by atoms with Crippen LogP contribution in [0.3, 0.4) is 0 Å². The highest BCUT2D eigenvalue weighted by Gasteiger charge is 2.09. The largest absolute Gasteiger partial charge is 0.494 e. The highest BCUT2D eigenvalue weighted by atomic mass is 32.3. The van der Waals surface area contributed by atoms with Gasteiger partial charge in [-0.2, -0.15) is 8.42 Å². The van der Waals surface area contributed by atoms with Crippen molar-refractivity contribution in [1.82, 2.24) is 0 Å². The highest BCUT2D eigenvalue weighted by molar-refractivity contribution is 7.86. The molecule has 1 rings (SSSR count). The third-order valence-electron chi connectivity index (χ3n) is 1.85. The first-order valence-electron chi connectivity index (χ1n) is 4.17. The van der Waals surface area contributed by atoms with E-state index in [9.17, 15) is 16.7 Å². The maximum Gasteiger partial charge on any atom is 0.302 e. The van der Waals surface area contributed by atoms with Gasteiger partial charge in [-0.15, -0.1) is 3.89 Å². The molecule has 0 aromatic heterocycles. The third kappa shape index (κ3) is 3.83. The molecular weight excluding hydrogens is 226 g/mol. The molecule has 0 amide bonds. The number of rotatable bonds is 4. The molecule has 1 aromatic rings. The summed E-state index contributed by atoms with van der Waals surface area (Å²) >= 11 is 0. The summed E-state index contributed by atoms with van der Waals surface area (Å²) in [5, 5.41) is 0. The average Bonchev–Trinajstić information content (AvgIpc) is 2.14. The van der Waals surface area contributed by atoms with Crippen LogP contribution in [0.4, 0.5) is 8.28 Å². The van der Waals surface area contributed by atoms with E-state index in [0.717, 1.165) is 6.07 Å². The number of methoxy groups -OCH3 is 1. The van der Waals surface area contributed by atoms with Crippen molar-refractivity contribution in [2.45, 2.75) is 6.42 Å². The Bertz CT molecular complexity index is 443. The minimum absolute atomic E-state index is 0.0558. The zero-order chi connectivity index (χ0) is 11.5. The van der Waals surface area contributed by atoms with Gasteiger partial charge >= 0.3 is 10.2 Å². The van der Waals surface area contributed by atoms with Crippen LogP contribution in [0.2, 0.25) is 0 Å². The molecule has 0 atom stereocenters. The smallest absolute Gasteiger partial charge is 0.302 e. The molecule has 1 aromatic carbocycles. The van der Waals surface area contributed by atoms with E-state index in [1.807, 2.05) is 0 Å². The summed E-state index contributed by atoms with van der Waals surface area (Å²) in [5.74, 6) is -1.16. The number of halogens is 2. The molecule has 3 nitrogen and oxygen atoms in total. The van der Waals surface area contributed by atoms with Gasteiger partial charge in [-0.1, -0.05) is 6.07 Å². The van der Waals surface area contributed by atoms with E-state index in [1.165, 1.54) is 19.2 Å². The Morgan fingerprint density at radius 1 is 1.40 bits per heavy atom. The summed E-state index contributed by atoms with van der Waals surface area (Å²) in [6.45, 7) is 0. The van der Waals surface area contributed by atoms with Crippen LogP contribution in [0.1, 0.15) is 5.56 Å². The van der Waals surface area contributed by atoms with E-state index in [1.54, 1.807) is 0 Å². The predicted molar refractivity (Wildman–Crippen MR) is 51.6 cm³/mol. The molecule has 0 saturated heterocycles. The van der Waals surface area contributed by atoms with Gasteiger partial charge in [0.25, 0.3) is 0 Å². The topological polar surface area (TPSA) is 43.4 Å². The first kappa shape index (κ1) is 11.9. The number of hydrogen-bond acceptors (Lipinski definition) is 3. The lowest BCUT2D eigenvalue weighted by atomic mass is 10.1. The van der Waals surface area contributed by atoms with Crippen LogP contribution >= 0.6 is 0 Å². The van der Waals surface area contributed by atoms with Crippen molar-refractivity contribution < 1.29 is 21.4 Å². The predicted octanol–water partition coefficient (Wildman–Crippen LogP) is 1.68. The Morgan fingerprint density at radius 2 is 2.07 bits per heavy atom. The van der Waals surface area contributed by atoms with Gasteiger partial charge in [0.2, 0.25) is 0 Å². The van der Waals surface area contributed by atoms with Crippen molar-refractivity contribution >= 4 is 10.2 Å². The molecule has 15 heavy (non-hydrogen) atoms. The van der Waals surface area contributed by atoms with Gasteiger partial charge in [0.15, 0.2) is 11.6 Å². The molecule has 0 heterocycles. The molecule has 0 aliphatic rings. The molecular formula is C9H10F2O3S. The van der Waals surface area contributed by atoms with E-state index >= 15 is 0 Å². The van der Waals surface area contributed by atoms with Crippen LogP contribution in [0, 0.1) is 5.82 Å². The molecule has 0 spiro atoms. The van der Waals surface area contributed by atoms with E-state index in [0.29, 0.717) is 5.56 Å². The van der Waals surface area contributed by atoms with Gasteiger partial charge in [0, 0.05) is 0 Å². The van der Waals surface area contributed by atoms with Crippen molar-refractivity contribution in [2.24, 2.45) is 0 Å². The molecule has 0 bridgehead atoms. The number of aryl methyl sites for hydroxylation is 1. The molecule has 0 unspecified atom stereocenters. The number of benzene rings is 1. The molecule has 0 N–H and O–H groups in total. The Balaban J connectivity index is 2.76. The zero-order valence-corrected chi connectivity index (χ0v) is 8.85. The van der Waals surface area contributed by atoms with Crippen molar-refractivity contribution in [2.75, 3.05) is 12.9 Å².